The topological polar surface area (TPSA) is 77.7 Å². The number of nitrogens with zero attached hydrogens (tertiary/aromatic N) is 3. The van der Waals surface area contributed by atoms with Crippen molar-refractivity contribution in [3.8, 4) is 11.3 Å². The monoisotopic (exact) mass is 421 g/mol. The normalized spacial score (nSPS) is 16.2. The predicted molar refractivity (Wildman–Crippen MR) is 125 cm³/mol. The molecule has 1 aliphatic heterocycles. The first-order chi connectivity index (χ1) is 15.8. The molecule has 6 rings (SSSR count). The molecule has 2 N–H and O–H groups in total. The van der Waals surface area contributed by atoms with Gasteiger partial charge < -0.3 is 14.9 Å². The molecule has 6 nitrogen and oxygen atoms in total. The standard InChI is InChI=1S/C26H23N5O/c32-24(14-20-15-28-25-21(20)7-3-11-27-25)31-12-4-8-23(31)26-29-16-22(30-26)19-10-9-17-5-1-2-6-18(17)13-19/h1-3,5-7,9-11,13,15-16,23H,4,8,12,14H2,(H,27,28)(H,29,30). The summed E-state index contributed by atoms with van der Waals surface area (Å²) in [7, 11) is 0. The lowest BCUT2D eigenvalue weighted by molar-refractivity contribution is -0.131. The maximum Gasteiger partial charge on any atom is 0.227 e. The summed E-state index contributed by atoms with van der Waals surface area (Å²) in [4.78, 5) is 30.8. The molecule has 1 saturated heterocycles. The molecule has 158 valence electrons. The molecule has 6 heteroatoms. The first-order valence-electron chi connectivity index (χ1n) is 11.0. The predicted octanol–water partition coefficient (Wildman–Crippen LogP) is 5.01. The van der Waals surface area contributed by atoms with Gasteiger partial charge in [-0.2, -0.15) is 0 Å². The highest BCUT2D eigenvalue weighted by atomic mass is 16.2. The smallest absolute Gasteiger partial charge is 0.227 e. The number of amides is 1. The number of pyridine rings is 1. The van der Waals surface area contributed by atoms with E-state index in [9.17, 15) is 4.79 Å². The number of carbonyl (C=O) groups is 1. The van der Waals surface area contributed by atoms with Crippen molar-refractivity contribution in [3.05, 3.63) is 84.6 Å². The lowest BCUT2D eigenvalue weighted by Gasteiger charge is -2.23. The third kappa shape index (κ3) is 3.24. The van der Waals surface area contributed by atoms with Gasteiger partial charge in [-0.3, -0.25) is 4.79 Å². The van der Waals surface area contributed by atoms with Crippen LogP contribution in [0.2, 0.25) is 0 Å². The third-order valence-corrected chi connectivity index (χ3v) is 6.42. The number of aromatic amines is 2. The summed E-state index contributed by atoms with van der Waals surface area (Å²) in [5.74, 6) is 0.987. The zero-order valence-electron chi connectivity index (χ0n) is 17.6. The number of hydrogen-bond donors (Lipinski definition) is 2. The van der Waals surface area contributed by atoms with E-state index in [0.717, 1.165) is 53.1 Å². The van der Waals surface area contributed by atoms with Gasteiger partial charge in [0.2, 0.25) is 5.91 Å². The maximum absolute atomic E-state index is 13.2. The minimum Gasteiger partial charge on any atom is -0.346 e. The molecule has 0 bridgehead atoms. The quantitative estimate of drug-likeness (QED) is 0.428. The van der Waals surface area contributed by atoms with Gasteiger partial charge >= 0.3 is 0 Å². The Morgan fingerprint density at radius 1 is 1.06 bits per heavy atom. The number of likely N-dealkylation sites (tertiary alicyclic amines) is 1. The van der Waals surface area contributed by atoms with Crippen molar-refractivity contribution in [2.24, 2.45) is 0 Å². The maximum atomic E-state index is 13.2. The fourth-order valence-corrected chi connectivity index (χ4v) is 4.78. The minimum absolute atomic E-state index is 0.0139. The molecule has 0 aliphatic carbocycles. The molecular formula is C26H23N5O. The average Bonchev–Trinajstić information content (AvgIpc) is 3.58. The van der Waals surface area contributed by atoms with Crippen molar-refractivity contribution in [2.75, 3.05) is 6.54 Å². The van der Waals surface area contributed by atoms with E-state index in [-0.39, 0.29) is 11.9 Å². The number of rotatable bonds is 4. The highest BCUT2D eigenvalue weighted by Gasteiger charge is 2.32. The summed E-state index contributed by atoms with van der Waals surface area (Å²) >= 11 is 0. The summed E-state index contributed by atoms with van der Waals surface area (Å²) in [6.07, 6.45) is 7.80. The van der Waals surface area contributed by atoms with Crippen LogP contribution in [0.3, 0.4) is 0 Å². The van der Waals surface area contributed by atoms with Crippen LogP contribution in [0, 0.1) is 0 Å². The Hall–Kier alpha value is -3.93. The molecule has 1 amide bonds. The molecule has 32 heavy (non-hydrogen) atoms. The summed E-state index contributed by atoms with van der Waals surface area (Å²) in [5.41, 5.74) is 3.89. The van der Waals surface area contributed by atoms with E-state index in [2.05, 4.69) is 62.4 Å². The average molecular weight is 422 g/mol. The Bertz CT molecular complexity index is 1430. The van der Waals surface area contributed by atoms with E-state index in [0.29, 0.717) is 6.42 Å². The van der Waals surface area contributed by atoms with Gasteiger partial charge in [0, 0.05) is 29.9 Å². The van der Waals surface area contributed by atoms with Crippen LogP contribution < -0.4 is 0 Å². The van der Waals surface area contributed by atoms with Crippen LogP contribution in [0.4, 0.5) is 0 Å². The number of H-pyrrole nitrogens is 2. The summed E-state index contributed by atoms with van der Waals surface area (Å²) in [5, 5.41) is 3.43. The summed E-state index contributed by atoms with van der Waals surface area (Å²) < 4.78 is 0. The fourth-order valence-electron chi connectivity index (χ4n) is 4.78. The van der Waals surface area contributed by atoms with E-state index < -0.39 is 0 Å². The molecule has 2 aromatic carbocycles. The molecule has 4 heterocycles. The highest BCUT2D eigenvalue weighted by Crippen LogP contribution is 2.33. The fraction of sp³-hybridized carbons (Fsp3) is 0.192. The largest absolute Gasteiger partial charge is 0.346 e. The second-order valence-corrected chi connectivity index (χ2v) is 8.38. The van der Waals surface area contributed by atoms with Crippen molar-refractivity contribution in [1.82, 2.24) is 24.8 Å². The summed E-state index contributed by atoms with van der Waals surface area (Å²) in [6.45, 7) is 0.760. The van der Waals surface area contributed by atoms with E-state index in [1.165, 1.54) is 10.8 Å². The third-order valence-electron chi connectivity index (χ3n) is 6.42. The second-order valence-electron chi connectivity index (χ2n) is 8.38. The number of hydrogen-bond acceptors (Lipinski definition) is 3. The van der Waals surface area contributed by atoms with Gasteiger partial charge in [0.1, 0.15) is 11.5 Å². The van der Waals surface area contributed by atoms with Gasteiger partial charge in [-0.1, -0.05) is 36.4 Å². The number of nitrogens with one attached hydrogen (secondary N) is 2. The first-order valence-corrected chi connectivity index (χ1v) is 11.0. The van der Waals surface area contributed by atoms with E-state index in [4.69, 9.17) is 0 Å². The molecule has 1 atom stereocenters. The zero-order chi connectivity index (χ0) is 21.5. The minimum atomic E-state index is -0.0139. The Morgan fingerprint density at radius 2 is 1.97 bits per heavy atom. The summed E-state index contributed by atoms with van der Waals surface area (Å²) in [6, 6.07) is 18.7. The van der Waals surface area contributed by atoms with Crippen molar-refractivity contribution in [1.29, 1.82) is 0 Å². The van der Waals surface area contributed by atoms with Gasteiger partial charge in [-0.25, -0.2) is 9.97 Å². The van der Waals surface area contributed by atoms with E-state index >= 15 is 0 Å². The Kier molecular flexibility index (Phi) is 4.49. The highest BCUT2D eigenvalue weighted by molar-refractivity contribution is 5.88. The van der Waals surface area contributed by atoms with Crippen molar-refractivity contribution in [3.63, 3.8) is 0 Å². The first kappa shape index (κ1) is 18.8. The number of carbonyl (C=O) groups excluding carboxylic acids is 1. The van der Waals surface area contributed by atoms with Gasteiger partial charge in [-0.05, 0) is 47.4 Å². The van der Waals surface area contributed by atoms with E-state index in [1.807, 2.05) is 29.4 Å². The molecule has 1 fully saturated rings. The molecule has 5 aromatic rings. The van der Waals surface area contributed by atoms with Crippen molar-refractivity contribution >= 4 is 27.7 Å². The molecule has 0 radical (unpaired) electrons. The van der Waals surface area contributed by atoms with E-state index in [1.54, 1.807) is 6.20 Å². The molecule has 3 aromatic heterocycles. The Balaban J connectivity index is 1.24. The lowest BCUT2D eigenvalue weighted by Crippen LogP contribution is -2.32. The zero-order valence-corrected chi connectivity index (χ0v) is 17.6. The molecule has 1 unspecified atom stereocenters. The van der Waals surface area contributed by atoms with Crippen LogP contribution in [0.15, 0.2) is 73.2 Å². The van der Waals surface area contributed by atoms with Crippen LogP contribution in [0.1, 0.15) is 30.3 Å². The molecular weight excluding hydrogens is 398 g/mol. The van der Waals surface area contributed by atoms with Gasteiger partial charge in [0.15, 0.2) is 0 Å². The second kappa shape index (κ2) is 7.64. The SMILES string of the molecule is O=C(Cc1c[nH]c2ncccc12)N1CCCC1c1ncc(-c2ccc3ccccc3c2)[nH]1. The molecule has 0 saturated carbocycles. The molecule has 1 aliphatic rings. The van der Waals surface area contributed by atoms with Gasteiger partial charge in [-0.15, -0.1) is 0 Å². The Morgan fingerprint density at radius 3 is 2.91 bits per heavy atom. The van der Waals surface area contributed by atoms with Crippen LogP contribution in [-0.4, -0.2) is 37.3 Å². The van der Waals surface area contributed by atoms with Crippen molar-refractivity contribution in [2.45, 2.75) is 25.3 Å². The lowest BCUT2D eigenvalue weighted by atomic mass is 10.1. The molecule has 0 spiro atoms. The number of aromatic nitrogens is 4. The number of benzene rings is 2. The Labute approximate surface area is 185 Å². The van der Waals surface area contributed by atoms with Gasteiger partial charge in [0.05, 0.1) is 24.4 Å². The van der Waals surface area contributed by atoms with Gasteiger partial charge in [0.25, 0.3) is 0 Å². The van der Waals surface area contributed by atoms with Crippen LogP contribution >= 0.6 is 0 Å². The van der Waals surface area contributed by atoms with Crippen LogP contribution in [-0.2, 0) is 11.2 Å². The van der Waals surface area contributed by atoms with Crippen molar-refractivity contribution < 1.29 is 4.79 Å². The number of fused-ring (bicyclic) bond motifs is 2. The number of imidazole rings is 1. The van der Waals surface area contributed by atoms with Crippen LogP contribution in [0.5, 0.6) is 0 Å². The van der Waals surface area contributed by atoms with Crippen LogP contribution in [0.25, 0.3) is 33.1 Å².